The molecule has 1 atom stereocenters. The van der Waals surface area contributed by atoms with Gasteiger partial charge in [-0.1, -0.05) is 11.3 Å². The number of hydrogen-bond donors (Lipinski definition) is 1. The van der Waals surface area contributed by atoms with Gasteiger partial charge in [-0.05, 0) is 37.5 Å². The summed E-state index contributed by atoms with van der Waals surface area (Å²) in [6, 6.07) is 5.53. The van der Waals surface area contributed by atoms with Crippen LogP contribution in [0, 0.1) is 5.92 Å². The molecule has 2 fully saturated rings. The first-order valence-corrected chi connectivity index (χ1v) is 11.3. The average Bonchev–Trinajstić information content (AvgIpc) is 3.46. The number of rotatable bonds is 7. The Morgan fingerprint density at radius 3 is 2.77 bits per heavy atom. The number of nitrogens with zero attached hydrogens (tertiary/aromatic N) is 4. The summed E-state index contributed by atoms with van der Waals surface area (Å²) in [5.74, 6) is 1.41. The van der Waals surface area contributed by atoms with Crippen LogP contribution in [0.25, 0.3) is 0 Å². The van der Waals surface area contributed by atoms with Gasteiger partial charge in [0.1, 0.15) is 11.5 Å². The highest BCUT2D eigenvalue weighted by molar-refractivity contribution is 7.19. The lowest BCUT2D eigenvalue weighted by Gasteiger charge is -2.31. The maximum atomic E-state index is 12.9. The maximum Gasteiger partial charge on any atom is 0.228 e. The van der Waals surface area contributed by atoms with Gasteiger partial charge in [0.05, 0.1) is 20.1 Å². The molecule has 31 heavy (non-hydrogen) atoms. The molecule has 0 saturated carbocycles. The van der Waals surface area contributed by atoms with E-state index in [1.165, 1.54) is 11.3 Å². The topological polar surface area (TPSA) is 96.9 Å². The molecule has 1 unspecified atom stereocenters. The van der Waals surface area contributed by atoms with E-state index in [0.29, 0.717) is 36.9 Å². The van der Waals surface area contributed by atoms with Crippen molar-refractivity contribution in [3.05, 3.63) is 23.8 Å². The van der Waals surface area contributed by atoms with Gasteiger partial charge in [-0.15, -0.1) is 10.2 Å². The molecule has 1 aromatic heterocycles. The molecule has 0 spiro atoms. The summed E-state index contributed by atoms with van der Waals surface area (Å²) in [6.45, 7) is 2.49. The van der Waals surface area contributed by atoms with Gasteiger partial charge in [-0.25, -0.2) is 0 Å². The van der Waals surface area contributed by atoms with Crippen molar-refractivity contribution in [1.82, 2.24) is 15.5 Å². The van der Waals surface area contributed by atoms with Crippen molar-refractivity contribution >= 4 is 33.4 Å². The zero-order valence-corrected chi connectivity index (χ0v) is 18.6. The van der Waals surface area contributed by atoms with Crippen LogP contribution in [0.2, 0.25) is 0 Å². The van der Waals surface area contributed by atoms with Crippen LogP contribution < -0.4 is 24.6 Å². The summed E-state index contributed by atoms with van der Waals surface area (Å²) in [7, 11) is 3.22. The minimum absolute atomic E-state index is 0.00836. The fourth-order valence-electron chi connectivity index (χ4n) is 4.01. The van der Waals surface area contributed by atoms with E-state index < -0.39 is 0 Å². The number of benzene rings is 1. The third-order valence-electron chi connectivity index (χ3n) is 5.71. The minimum atomic E-state index is -0.133. The quantitative estimate of drug-likeness (QED) is 0.698. The molecule has 1 N–H and O–H groups in total. The van der Waals surface area contributed by atoms with Gasteiger partial charge >= 0.3 is 0 Å². The molecule has 2 aliphatic rings. The van der Waals surface area contributed by atoms with Gasteiger partial charge in [-0.2, -0.15) is 0 Å². The second-order valence-corrected chi connectivity index (χ2v) is 8.63. The predicted octanol–water partition coefficient (Wildman–Crippen LogP) is 2.21. The lowest BCUT2D eigenvalue weighted by atomic mass is 9.97. The molecule has 2 amide bonds. The number of carbonyl (C=O) groups is 2. The Bertz CT molecular complexity index is 950. The van der Waals surface area contributed by atoms with Crippen LogP contribution in [0.15, 0.2) is 18.2 Å². The molecule has 2 aliphatic heterocycles. The number of ether oxygens (including phenoxy) is 2. The summed E-state index contributed by atoms with van der Waals surface area (Å²) < 4.78 is 10.7. The highest BCUT2D eigenvalue weighted by Gasteiger charge is 2.30. The first kappa shape index (κ1) is 21.4. The molecule has 9 nitrogen and oxygen atoms in total. The van der Waals surface area contributed by atoms with E-state index in [0.717, 1.165) is 42.3 Å². The normalized spacial score (nSPS) is 18.9. The van der Waals surface area contributed by atoms with E-state index in [-0.39, 0.29) is 17.7 Å². The summed E-state index contributed by atoms with van der Waals surface area (Å²) >= 11 is 1.42. The molecule has 4 rings (SSSR count). The van der Waals surface area contributed by atoms with Crippen molar-refractivity contribution in [3.63, 3.8) is 0 Å². The maximum absolute atomic E-state index is 12.9. The van der Waals surface area contributed by atoms with E-state index in [1.54, 1.807) is 19.1 Å². The fraction of sp³-hybridized carbons (Fsp3) is 0.524. The summed E-state index contributed by atoms with van der Waals surface area (Å²) in [5, 5.41) is 12.9. The molecule has 1 aromatic carbocycles. The number of amides is 2. The van der Waals surface area contributed by atoms with Crippen LogP contribution in [-0.4, -0.2) is 55.9 Å². The van der Waals surface area contributed by atoms with Crippen LogP contribution in [0.1, 0.15) is 31.2 Å². The SMILES string of the molecule is COc1ccc(OC)c(CNC(=O)C2CCCN(c3nnc(N4CCCC4=O)s3)C2)c1. The van der Waals surface area contributed by atoms with Crippen LogP contribution in [-0.2, 0) is 16.1 Å². The highest BCUT2D eigenvalue weighted by Crippen LogP contribution is 2.32. The van der Waals surface area contributed by atoms with Gasteiger partial charge in [0.25, 0.3) is 0 Å². The third kappa shape index (κ3) is 4.73. The van der Waals surface area contributed by atoms with Crippen molar-refractivity contribution in [2.45, 2.75) is 32.2 Å². The Kier molecular flexibility index (Phi) is 6.55. The van der Waals surface area contributed by atoms with Gasteiger partial charge in [-0.3, -0.25) is 14.5 Å². The fourth-order valence-corrected chi connectivity index (χ4v) is 4.93. The summed E-state index contributed by atoms with van der Waals surface area (Å²) in [6.07, 6.45) is 3.16. The summed E-state index contributed by atoms with van der Waals surface area (Å²) in [5.41, 5.74) is 0.868. The number of anilines is 2. The number of piperidine rings is 1. The first-order valence-electron chi connectivity index (χ1n) is 10.5. The second kappa shape index (κ2) is 9.51. The van der Waals surface area contributed by atoms with E-state index in [4.69, 9.17) is 9.47 Å². The minimum Gasteiger partial charge on any atom is -0.497 e. The van der Waals surface area contributed by atoms with E-state index in [1.807, 2.05) is 18.2 Å². The summed E-state index contributed by atoms with van der Waals surface area (Å²) in [4.78, 5) is 28.6. The second-order valence-electron chi connectivity index (χ2n) is 7.70. The predicted molar refractivity (Wildman–Crippen MR) is 118 cm³/mol. The molecular weight excluding hydrogens is 418 g/mol. The first-order chi connectivity index (χ1) is 15.1. The Morgan fingerprint density at radius 2 is 2.03 bits per heavy atom. The Labute approximate surface area is 185 Å². The third-order valence-corrected chi connectivity index (χ3v) is 6.72. The van der Waals surface area contributed by atoms with Gasteiger partial charge < -0.3 is 19.7 Å². The number of nitrogens with one attached hydrogen (secondary N) is 1. The van der Waals surface area contributed by atoms with Crippen molar-refractivity contribution in [2.24, 2.45) is 5.92 Å². The molecule has 3 heterocycles. The van der Waals surface area contributed by atoms with Crippen molar-refractivity contribution < 1.29 is 19.1 Å². The number of hydrogen-bond acceptors (Lipinski definition) is 8. The molecule has 0 bridgehead atoms. The lowest BCUT2D eigenvalue weighted by Crippen LogP contribution is -2.43. The highest BCUT2D eigenvalue weighted by atomic mass is 32.1. The molecular formula is C21H27N5O4S. The van der Waals surface area contributed by atoms with Crippen molar-refractivity contribution in [2.75, 3.05) is 43.7 Å². The zero-order valence-electron chi connectivity index (χ0n) is 17.8. The van der Waals surface area contributed by atoms with Crippen molar-refractivity contribution in [1.29, 1.82) is 0 Å². The van der Waals surface area contributed by atoms with E-state index in [9.17, 15) is 9.59 Å². The monoisotopic (exact) mass is 445 g/mol. The van der Waals surface area contributed by atoms with Crippen LogP contribution >= 0.6 is 11.3 Å². The Balaban J connectivity index is 1.37. The largest absolute Gasteiger partial charge is 0.497 e. The van der Waals surface area contributed by atoms with Crippen molar-refractivity contribution in [3.8, 4) is 11.5 Å². The van der Waals surface area contributed by atoms with Crippen LogP contribution in [0.5, 0.6) is 11.5 Å². The van der Waals surface area contributed by atoms with Crippen LogP contribution in [0.3, 0.4) is 0 Å². The molecule has 0 aliphatic carbocycles. The zero-order chi connectivity index (χ0) is 21.8. The number of aromatic nitrogens is 2. The Morgan fingerprint density at radius 1 is 1.19 bits per heavy atom. The van der Waals surface area contributed by atoms with Gasteiger partial charge in [0, 0.05) is 38.2 Å². The molecule has 0 radical (unpaired) electrons. The smallest absolute Gasteiger partial charge is 0.228 e. The standard InChI is InChI=1S/C21H27N5O4S/c1-29-16-7-8-17(30-2)15(11-16)12-22-19(28)14-5-3-9-25(13-14)20-23-24-21(31-20)26-10-4-6-18(26)27/h7-8,11,14H,3-6,9-10,12-13H2,1-2H3,(H,22,28). The van der Waals surface area contributed by atoms with E-state index in [2.05, 4.69) is 20.4 Å². The number of methoxy groups -OCH3 is 2. The van der Waals surface area contributed by atoms with E-state index >= 15 is 0 Å². The molecule has 2 saturated heterocycles. The lowest BCUT2D eigenvalue weighted by molar-refractivity contribution is -0.125. The molecule has 166 valence electrons. The molecule has 10 heteroatoms. The average molecular weight is 446 g/mol. The van der Waals surface area contributed by atoms with Crippen LogP contribution in [0.4, 0.5) is 10.3 Å². The molecule has 2 aromatic rings. The number of carbonyl (C=O) groups excluding carboxylic acids is 2. The van der Waals surface area contributed by atoms with Gasteiger partial charge in [0.2, 0.25) is 22.1 Å². The Hall–Kier alpha value is -2.88. The van der Waals surface area contributed by atoms with Gasteiger partial charge in [0.15, 0.2) is 0 Å².